The van der Waals surface area contributed by atoms with E-state index >= 15 is 0 Å². The molecule has 0 saturated carbocycles. The molecule has 1 saturated heterocycles. The molecule has 14 heteroatoms. The first-order valence-corrected chi connectivity index (χ1v) is 14.3. The van der Waals surface area contributed by atoms with Crippen LogP contribution in [0.1, 0.15) is 35.3 Å². The summed E-state index contributed by atoms with van der Waals surface area (Å²) in [5.41, 5.74) is 1.24. The number of ether oxygens (including phenoxy) is 1. The van der Waals surface area contributed by atoms with Gasteiger partial charge in [-0.3, -0.25) is 28.3 Å². The minimum Gasteiger partial charge on any atom is -0.492 e. The van der Waals surface area contributed by atoms with E-state index in [1.54, 1.807) is 62.0 Å². The van der Waals surface area contributed by atoms with Gasteiger partial charge >= 0.3 is 0 Å². The minimum atomic E-state index is -0.833. The third-order valence-corrected chi connectivity index (χ3v) is 7.43. The number of nitrogens with zero attached hydrogens (tertiary/aromatic N) is 7. The Labute approximate surface area is 253 Å². The van der Waals surface area contributed by atoms with Gasteiger partial charge in [-0.25, -0.2) is 9.97 Å². The monoisotopic (exact) mass is 602 g/mol. The van der Waals surface area contributed by atoms with Crippen LogP contribution < -0.4 is 10.1 Å². The Bertz CT molecular complexity index is 1580. The van der Waals surface area contributed by atoms with E-state index in [4.69, 9.17) is 14.6 Å². The molecule has 2 N–H and O–H groups in total. The number of fused-ring (bicyclic) bond motifs is 5. The van der Waals surface area contributed by atoms with E-state index in [1.165, 1.54) is 0 Å². The van der Waals surface area contributed by atoms with Gasteiger partial charge in [0.05, 0.1) is 12.5 Å². The van der Waals surface area contributed by atoms with Crippen LogP contribution in [0.4, 0.5) is 0 Å². The van der Waals surface area contributed by atoms with Crippen molar-refractivity contribution in [2.24, 2.45) is 5.92 Å². The molecule has 44 heavy (non-hydrogen) atoms. The average molecular weight is 603 g/mol. The molecule has 0 aliphatic carbocycles. The predicted molar refractivity (Wildman–Crippen MR) is 157 cm³/mol. The molecule has 4 aromatic rings. The number of carboxylic acid groups (broad SMARTS) is 1. The summed E-state index contributed by atoms with van der Waals surface area (Å²) >= 11 is 0. The highest BCUT2D eigenvalue weighted by Gasteiger charge is 2.40. The number of aliphatic carboxylic acids is 1. The number of likely N-dealkylation sites (tertiary alicyclic amines) is 1. The van der Waals surface area contributed by atoms with Crippen molar-refractivity contribution in [3.8, 4) is 5.75 Å². The van der Waals surface area contributed by atoms with Crippen molar-refractivity contribution in [1.29, 1.82) is 0 Å². The van der Waals surface area contributed by atoms with E-state index in [2.05, 4.69) is 20.4 Å². The van der Waals surface area contributed by atoms with Crippen LogP contribution in [-0.2, 0) is 20.9 Å². The Morgan fingerprint density at radius 1 is 1.05 bits per heavy atom. The van der Waals surface area contributed by atoms with Crippen LogP contribution in [0, 0.1) is 5.92 Å². The molecule has 1 fully saturated rings. The minimum absolute atomic E-state index is 0.0781. The number of carboxylic acids is 1. The number of aromatic nitrogens is 5. The van der Waals surface area contributed by atoms with Gasteiger partial charge in [-0.2, -0.15) is 5.10 Å². The van der Waals surface area contributed by atoms with Crippen molar-refractivity contribution < 1.29 is 29.0 Å². The number of amides is 3. The maximum Gasteiger partial charge on any atom is 0.300 e. The quantitative estimate of drug-likeness (QED) is 0.352. The fourth-order valence-electron chi connectivity index (χ4n) is 5.37. The maximum absolute atomic E-state index is 13.4. The molecule has 14 nitrogen and oxygen atoms in total. The van der Waals surface area contributed by atoms with E-state index in [1.807, 2.05) is 24.3 Å². The Balaban J connectivity index is 0.000000906. The zero-order valence-corrected chi connectivity index (χ0v) is 24.3. The lowest BCUT2D eigenvalue weighted by atomic mass is 9.88. The van der Waals surface area contributed by atoms with Crippen LogP contribution in [0.5, 0.6) is 5.75 Å². The zero-order valence-electron chi connectivity index (χ0n) is 24.3. The van der Waals surface area contributed by atoms with Crippen LogP contribution in [0.15, 0.2) is 67.4 Å². The summed E-state index contributed by atoms with van der Waals surface area (Å²) < 4.78 is 9.36. The molecule has 230 valence electrons. The fourth-order valence-corrected chi connectivity index (χ4v) is 5.37. The standard InChI is InChI=1S/C28H30N8O4.C2H4O2/c37-25(19-36-12-4-9-31-36)35-16-22-20-5-1-6-21(15-20)40-14-13-33(10-2-7-29-26(38)23(22)17-35)27(39)24-18-34-11-3-8-30-28(34)32-24;1-2(3)4/h1,3-6,8-9,11-12,15,18,22-23H,2,7,10,13-14,16-17,19H2,(H,29,38);1H3,(H,3,4)/t22-,23+;/m1./s1. The van der Waals surface area contributed by atoms with Crippen LogP contribution in [-0.4, -0.2) is 102 Å². The lowest BCUT2D eigenvalue weighted by molar-refractivity contribution is -0.134. The normalized spacial score (nSPS) is 18.7. The highest BCUT2D eigenvalue weighted by Crippen LogP contribution is 2.34. The number of rotatable bonds is 3. The molecular formula is C30H34N8O6. The number of hydrogen-bond acceptors (Lipinski definition) is 8. The summed E-state index contributed by atoms with van der Waals surface area (Å²) in [5.74, 6) is -0.685. The van der Waals surface area contributed by atoms with Gasteiger partial charge < -0.3 is 25.0 Å². The molecule has 3 amide bonds. The fraction of sp³-hybridized carbons (Fsp3) is 0.367. The maximum atomic E-state index is 13.4. The highest BCUT2D eigenvalue weighted by atomic mass is 16.5. The summed E-state index contributed by atoms with van der Waals surface area (Å²) in [6.07, 6.45) is 9.04. The Morgan fingerprint density at radius 3 is 2.61 bits per heavy atom. The summed E-state index contributed by atoms with van der Waals surface area (Å²) in [4.78, 5) is 60.8. The van der Waals surface area contributed by atoms with Gasteiger partial charge in [-0.15, -0.1) is 0 Å². The zero-order chi connectivity index (χ0) is 31.1. The van der Waals surface area contributed by atoms with Gasteiger partial charge in [-0.05, 0) is 36.2 Å². The van der Waals surface area contributed by atoms with Crippen molar-refractivity contribution in [2.45, 2.75) is 25.8 Å². The van der Waals surface area contributed by atoms with Crippen molar-refractivity contribution in [1.82, 2.24) is 39.3 Å². The molecule has 2 bridgehead atoms. The van der Waals surface area contributed by atoms with E-state index < -0.39 is 11.9 Å². The van der Waals surface area contributed by atoms with Crippen molar-refractivity contribution in [3.63, 3.8) is 0 Å². The first-order chi connectivity index (χ1) is 21.3. The molecule has 0 spiro atoms. The molecular weight excluding hydrogens is 568 g/mol. The largest absolute Gasteiger partial charge is 0.492 e. The summed E-state index contributed by atoms with van der Waals surface area (Å²) in [5, 5.41) is 14.6. The van der Waals surface area contributed by atoms with Gasteiger partial charge in [0.1, 0.15) is 24.6 Å². The highest BCUT2D eigenvalue weighted by molar-refractivity contribution is 5.92. The van der Waals surface area contributed by atoms with Crippen LogP contribution in [0.3, 0.4) is 0 Å². The first kappa shape index (κ1) is 30.2. The van der Waals surface area contributed by atoms with E-state index in [-0.39, 0.29) is 30.2 Å². The Hall–Kier alpha value is -5.27. The van der Waals surface area contributed by atoms with Gasteiger partial charge in [0.25, 0.3) is 11.9 Å². The summed E-state index contributed by atoms with van der Waals surface area (Å²) in [7, 11) is 0. The van der Waals surface area contributed by atoms with Crippen LogP contribution >= 0.6 is 0 Å². The second-order valence-corrected chi connectivity index (χ2v) is 10.5. The first-order valence-electron chi connectivity index (χ1n) is 14.3. The number of benzene rings is 1. The summed E-state index contributed by atoms with van der Waals surface area (Å²) in [6, 6.07) is 11.2. The number of carbonyl (C=O) groups excluding carboxylic acids is 3. The van der Waals surface area contributed by atoms with E-state index in [0.717, 1.165) is 12.5 Å². The second kappa shape index (κ2) is 13.8. The molecule has 2 atom stereocenters. The lowest BCUT2D eigenvalue weighted by Gasteiger charge is -2.24. The Kier molecular flexibility index (Phi) is 9.47. The molecule has 1 aromatic carbocycles. The Morgan fingerprint density at radius 2 is 1.84 bits per heavy atom. The average Bonchev–Trinajstić information content (AvgIpc) is 3.77. The smallest absolute Gasteiger partial charge is 0.300 e. The van der Waals surface area contributed by atoms with Crippen LogP contribution in [0.25, 0.3) is 5.78 Å². The number of carbonyl (C=O) groups is 4. The molecule has 5 heterocycles. The molecule has 0 radical (unpaired) electrons. The van der Waals surface area contributed by atoms with Gasteiger partial charge in [-0.1, -0.05) is 12.1 Å². The second-order valence-electron chi connectivity index (χ2n) is 10.5. The van der Waals surface area contributed by atoms with Crippen molar-refractivity contribution in [2.75, 3.05) is 39.3 Å². The third-order valence-electron chi connectivity index (χ3n) is 7.43. The SMILES string of the molecule is CC(=O)O.O=C1NCCCN(C(=O)c2cn3cccnc3n2)CCOc2cccc(c2)[C@H]2CN(C(=O)Cn3cccn3)C[C@H]12. The van der Waals surface area contributed by atoms with Crippen molar-refractivity contribution >= 4 is 29.5 Å². The molecule has 2 aliphatic heterocycles. The number of imidazole rings is 1. The molecule has 3 aromatic heterocycles. The van der Waals surface area contributed by atoms with Gasteiger partial charge in [0.2, 0.25) is 17.6 Å². The number of nitrogens with one attached hydrogen (secondary N) is 1. The third kappa shape index (κ3) is 7.38. The lowest BCUT2D eigenvalue weighted by Crippen LogP contribution is -2.39. The van der Waals surface area contributed by atoms with Gasteiger partial charge in [0.15, 0.2) is 0 Å². The van der Waals surface area contributed by atoms with E-state index in [0.29, 0.717) is 63.0 Å². The van der Waals surface area contributed by atoms with Crippen LogP contribution in [0.2, 0.25) is 0 Å². The predicted octanol–water partition coefficient (Wildman–Crippen LogP) is 1.30. The number of hydrogen-bond donors (Lipinski definition) is 2. The van der Waals surface area contributed by atoms with Gasteiger partial charge in [0, 0.05) is 70.0 Å². The molecule has 2 aliphatic rings. The summed E-state index contributed by atoms with van der Waals surface area (Å²) in [6.45, 7) is 3.47. The molecule has 0 unspecified atom stereocenters. The van der Waals surface area contributed by atoms with Crippen molar-refractivity contribution in [3.05, 3.63) is 78.6 Å². The topological polar surface area (TPSA) is 164 Å². The molecule has 6 rings (SSSR count). The van der Waals surface area contributed by atoms with E-state index in [9.17, 15) is 14.4 Å².